The molecule has 3 nitrogen and oxygen atoms in total. The number of allylic oxidation sites excluding steroid dienone is 2. The molecular weight excluding hydrogens is 552 g/mol. The van der Waals surface area contributed by atoms with Crippen molar-refractivity contribution in [2.45, 2.75) is 61.9 Å². The number of aryl methyl sites for hydroxylation is 1. The van der Waals surface area contributed by atoms with Crippen molar-refractivity contribution in [1.29, 1.82) is 0 Å². The van der Waals surface area contributed by atoms with Crippen LogP contribution in [0.4, 0.5) is 0 Å². The van der Waals surface area contributed by atoms with Crippen molar-refractivity contribution in [1.82, 2.24) is 0 Å². The summed E-state index contributed by atoms with van der Waals surface area (Å²) >= 11 is 16.5. The SMILES string of the molecule is [CH2-]CC/C=C\C[C@H]1C(O)C(Br)C(Cl)[C@@H]1CCc1cc(Cl)cc(COC(C)=O)c1.[Y]. The fraction of sp³-hybridized carbons (Fsp3) is 0.545. The van der Waals surface area contributed by atoms with Gasteiger partial charge in [-0.2, -0.15) is 6.42 Å². The Morgan fingerprint density at radius 3 is 2.62 bits per heavy atom. The molecule has 159 valence electrons. The summed E-state index contributed by atoms with van der Waals surface area (Å²) in [6.45, 7) is 5.44. The average Bonchev–Trinajstić information content (AvgIpc) is 2.85. The van der Waals surface area contributed by atoms with Crippen LogP contribution >= 0.6 is 39.1 Å². The largest absolute Gasteiger partial charge is 0.461 e. The summed E-state index contributed by atoms with van der Waals surface area (Å²) in [6, 6.07) is 5.75. The molecule has 5 atom stereocenters. The maximum Gasteiger partial charge on any atom is 0.302 e. The van der Waals surface area contributed by atoms with Crippen LogP contribution in [0.25, 0.3) is 0 Å². The predicted octanol–water partition coefficient (Wildman–Crippen LogP) is 5.87. The van der Waals surface area contributed by atoms with Gasteiger partial charge in [0.15, 0.2) is 0 Å². The van der Waals surface area contributed by atoms with Gasteiger partial charge >= 0.3 is 5.97 Å². The summed E-state index contributed by atoms with van der Waals surface area (Å²) in [5, 5.41) is 11.1. The van der Waals surface area contributed by atoms with Crippen molar-refractivity contribution < 1.29 is 47.3 Å². The Labute approximate surface area is 218 Å². The fourth-order valence-corrected chi connectivity index (χ4v) is 5.32. The summed E-state index contributed by atoms with van der Waals surface area (Å²) in [6.07, 6.45) is 8.08. The molecule has 0 saturated heterocycles. The van der Waals surface area contributed by atoms with Gasteiger partial charge in [0.2, 0.25) is 0 Å². The number of aliphatic hydroxyl groups is 1. The van der Waals surface area contributed by atoms with Crippen LogP contribution in [0.1, 0.15) is 43.7 Å². The van der Waals surface area contributed by atoms with E-state index < -0.39 is 6.10 Å². The number of alkyl halides is 2. The van der Waals surface area contributed by atoms with Gasteiger partial charge in [0.25, 0.3) is 0 Å². The van der Waals surface area contributed by atoms with Crippen LogP contribution in [0, 0.1) is 18.8 Å². The third-order valence-corrected chi connectivity index (χ3v) is 7.43. The first kappa shape index (κ1) is 27.6. The molecular formula is C22H28BrCl2O3Y-. The van der Waals surface area contributed by atoms with Crippen molar-refractivity contribution in [2.24, 2.45) is 11.8 Å². The minimum Gasteiger partial charge on any atom is -0.461 e. The average molecular weight is 580 g/mol. The summed E-state index contributed by atoms with van der Waals surface area (Å²) in [5.41, 5.74) is 1.95. The standard InChI is InChI=1S/C22H28BrCl2O3.Y/c1-3-4-5-6-7-19-18(21(25)20(23)22(19)27)9-8-15-10-16(12-17(24)11-15)13-28-14(2)26;/h5-6,10-12,18-22,27H,1,3-4,7-9,13H2,2H3;/q-1;/b6-5-;/t18-,19-,20?,21?,22?;/m1./s1. The molecule has 1 aromatic carbocycles. The van der Waals surface area contributed by atoms with Crippen molar-refractivity contribution >= 4 is 45.1 Å². The quantitative estimate of drug-likeness (QED) is 0.172. The Bertz CT molecular complexity index is 686. The van der Waals surface area contributed by atoms with Crippen LogP contribution in [0.15, 0.2) is 30.4 Å². The predicted molar refractivity (Wildman–Crippen MR) is 119 cm³/mol. The van der Waals surface area contributed by atoms with Gasteiger partial charge in [0.05, 0.1) is 16.3 Å². The van der Waals surface area contributed by atoms with Gasteiger partial charge in [0.1, 0.15) is 6.61 Å². The number of hydrogen-bond acceptors (Lipinski definition) is 3. The first-order chi connectivity index (χ1) is 13.3. The molecule has 1 radical (unpaired) electrons. The van der Waals surface area contributed by atoms with E-state index in [2.05, 4.69) is 35.0 Å². The van der Waals surface area contributed by atoms with Crippen molar-refractivity contribution in [3.8, 4) is 0 Å². The Morgan fingerprint density at radius 2 is 1.97 bits per heavy atom. The van der Waals surface area contributed by atoms with E-state index in [9.17, 15) is 9.90 Å². The molecule has 0 spiro atoms. The minimum atomic E-state index is -0.462. The van der Waals surface area contributed by atoms with Gasteiger partial charge in [-0.1, -0.05) is 52.2 Å². The monoisotopic (exact) mass is 578 g/mol. The van der Waals surface area contributed by atoms with Gasteiger partial charge in [-0.25, -0.2) is 0 Å². The van der Waals surface area contributed by atoms with Gasteiger partial charge in [-0.05, 0) is 54.4 Å². The van der Waals surface area contributed by atoms with E-state index in [1.807, 2.05) is 18.2 Å². The molecule has 1 fully saturated rings. The van der Waals surface area contributed by atoms with Crippen LogP contribution in [0.2, 0.25) is 5.02 Å². The first-order valence-corrected chi connectivity index (χ1v) is 11.4. The fourth-order valence-electron chi connectivity index (χ4n) is 3.79. The third-order valence-electron chi connectivity index (χ3n) is 5.20. The topological polar surface area (TPSA) is 46.5 Å². The zero-order valence-corrected chi connectivity index (χ0v) is 22.6. The maximum absolute atomic E-state index is 11.0. The number of carbonyl (C=O) groups excluding carboxylic acids is 1. The molecule has 29 heavy (non-hydrogen) atoms. The van der Waals surface area contributed by atoms with Gasteiger partial charge in [-0.15, -0.1) is 11.6 Å². The zero-order chi connectivity index (χ0) is 20.7. The molecule has 0 bridgehead atoms. The van der Waals surface area contributed by atoms with Gasteiger partial charge < -0.3 is 16.8 Å². The Hall–Kier alpha value is 0.554. The summed E-state index contributed by atoms with van der Waals surface area (Å²) in [5.74, 6) is -0.00134. The molecule has 2 rings (SSSR count). The second-order valence-corrected chi connectivity index (χ2v) is 9.34. The number of halogens is 3. The van der Waals surface area contributed by atoms with E-state index in [0.29, 0.717) is 5.02 Å². The second-order valence-electron chi connectivity index (χ2n) is 7.34. The molecule has 0 amide bonds. The smallest absolute Gasteiger partial charge is 0.302 e. The number of aliphatic hydroxyl groups excluding tert-OH is 1. The third kappa shape index (κ3) is 8.54. The first-order valence-electron chi connectivity index (χ1n) is 9.65. The molecule has 3 unspecified atom stereocenters. The maximum atomic E-state index is 11.0. The van der Waals surface area contributed by atoms with Crippen LogP contribution in [-0.2, 0) is 55.3 Å². The van der Waals surface area contributed by atoms with Crippen molar-refractivity contribution in [2.75, 3.05) is 0 Å². The number of unbranched alkanes of at least 4 members (excludes halogenated alkanes) is 1. The molecule has 7 heteroatoms. The van der Waals surface area contributed by atoms with E-state index in [4.69, 9.17) is 27.9 Å². The molecule has 0 heterocycles. The number of carbonyl (C=O) groups is 1. The van der Waals surface area contributed by atoms with E-state index in [-0.39, 0.29) is 67.3 Å². The molecule has 1 N–H and O–H groups in total. The Morgan fingerprint density at radius 1 is 1.28 bits per heavy atom. The number of benzene rings is 1. The minimum absolute atomic E-state index is 0. The molecule has 1 saturated carbocycles. The molecule has 1 aliphatic rings. The van der Waals surface area contributed by atoms with Crippen molar-refractivity contribution in [3.05, 3.63) is 53.4 Å². The van der Waals surface area contributed by atoms with Crippen LogP contribution in [0.3, 0.4) is 0 Å². The number of esters is 1. The summed E-state index contributed by atoms with van der Waals surface area (Å²) < 4.78 is 5.07. The van der Waals surface area contributed by atoms with E-state index >= 15 is 0 Å². The van der Waals surface area contributed by atoms with Gasteiger partial charge in [0, 0.05) is 44.7 Å². The molecule has 1 aromatic rings. The van der Waals surface area contributed by atoms with E-state index in [0.717, 1.165) is 43.2 Å². The number of rotatable bonds is 9. The summed E-state index contributed by atoms with van der Waals surface area (Å²) in [7, 11) is 0. The van der Waals surface area contributed by atoms with E-state index in [1.54, 1.807) is 0 Å². The Kier molecular flexibility index (Phi) is 13.2. The Balaban J connectivity index is 0.00000420. The second kappa shape index (κ2) is 13.9. The molecule has 0 aromatic heterocycles. The van der Waals surface area contributed by atoms with Crippen LogP contribution < -0.4 is 0 Å². The summed E-state index contributed by atoms with van der Waals surface area (Å²) in [4.78, 5) is 10.9. The van der Waals surface area contributed by atoms with Gasteiger partial charge in [-0.3, -0.25) is 4.79 Å². The van der Waals surface area contributed by atoms with Crippen LogP contribution in [0.5, 0.6) is 0 Å². The molecule has 0 aliphatic heterocycles. The normalized spacial score (nSPS) is 26.5. The number of ether oxygens (including phenoxy) is 1. The van der Waals surface area contributed by atoms with Crippen LogP contribution in [-0.4, -0.2) is 27.4 Å². The zero-order valence-electron chi connectivity index (χ0n) is 16.7. The number of hydrogen-bond donors (Lipinski definition) is 1. The van der Waals surface area contributed by atoms with E-state index in [1.165, 1.54) is 6.92 Å². The van der Waals surface area contributed by atoms with Crippen molar-refractivity contribution in [3.63, 3.8) is 0 Å². The molecule has 1 aliphatic carbocycles.